The molecule has 1 aromatic carbocycles. The third-order valence-corrected chi connectivity index (χ3v) is 7.56. The van der Waals surface area contributed by atoms with E-state index in [1.165, 1.54) is 27.8 Å². The Kier molecular flexibility index (Phi) is 7.02. The summed E-state index contributed by atoms with van der Waals surface area (Å²) in [5.74, 6) is 0. The molecule has 0 saturated heterocycles. The maximum Gasteiger partial charge on any atom is 0.284 e. The predicted molar refractivity (Wildman–Crippen MR) is 111 cm³/mol. The van der Waals surface area contributed by atoms with Crippen molar-refractivity contribution in [1.82, 2.24) is 14.5 Å². The highest BCUT2D eigenvalue weighted by atomic mass is 32.2. The maximum atomic E-state index is 12.6. The summed E-state index contributed by atoms with van der Waals surface area (Å²) >= 11 is 2.36. The Balaban J connectivity index is 2.35. The summed E-state index contributed by atoms with van der Waals surface area (Å²) in [6.07, 6.45) is 0. The van der Waals surface area contributed by atoms with Gasteiger partial charge in [-0.2, -0.15) is 4.31 Å². The number of anilines is 1. The molecule has 0 spiro atoms. The molecule has 1 aromatic heterocycles. The Morgan fingerprint density at radius 2 is 1.89 bits per heavy atom. The fraction of sp³-hybridized carbons (Fsp3) is 0.500. The summed E-state index contributed by atoms with van der Waals surface area (Å²) < 4.78 is 27.1. The summed E-state index contributed by atoms with van der Waals surface area (Å²) in [7, 11) is -3.78. The Morgan fingerprint density at radius 1 is 1.25 bits per heavy atom. The Hall–Kier alpha value is -1.76. The molecule has 2 aromatic rings. The molecule has 0 aliphatic heterocycles. The molecular formula is C16H23N5O4S3. The van der Waals surface area contributed by atoms with Gasteiger partial charge in [-0.1, -0.05) is 25.2 Å². The number of aromatic nitrogens is 2. The SMILES string of the molecule is CCN(CC)S(=O)(=O)c1ccc(Sc2nnc(NC(C)(C)C)s2)c([N+](=O)[O-])c1. The maximum absolute atomic E-state index is 12.6. The number of nitro groups is 1. The molecule has 9 nitrogen and oxygen atoms in total. The van der Waals surface area contributed by atoms with Crippen molar-refractivity contribution in [1.29, 1.82) is 0 Å². The van der Waals surface area contributed by atoms with Crippen LogP contribution in [-0.2, 0) is 10.0 Å². The highest BCUT2D eigenvalue weighted by molar-refractivity contribution is 8.01. The van der Waals surface area contributed by atoms with Gasteiger partial charge in [0.25, 0.3) is 5.69 Å². The van der Waals surface area contributed by atoms with E-state index in [-0.39, 0.29) is 29.2 Å². The normalized spacial score (nSPS) is 12.4. The highest BCUT2D eigenvalue weighted by Crippen LogP contribution is 2.38. The molecule has 0 amide bonds. The number of sulfonamides is 1. The molecule has 12 heteroatoms. The van der Waals surface area contributed by atoms with Crippen molar-refractivity contribution in [2.24, 2.45) is 0 Å². The Labute approximate surface area is 172 Å². The quantitative estimate of drug-likeness (QED) is 0.481. The average Bonchev–Trinajstić information content (AvgIpc) is 3.00. The van der Waals surface area contributed by atoms with Crippen LogP contribution < -0.4 is 5.32 Å². The lowest BCUT2D eigenvalue weighted by Crippen LogP contribution is -2.30. The first-order valence-corrected chi connectivity index (χ1v) is 11.6. The zero-order chi connectivity index (χ0) is 21.1. The molecular weight excluding hydrogens is 422 g/mol. The molecule has 0 radical (unpaired) electrons. The van der Waals surface area contributed by atoms with E-state index in [2.05, 4.69) is 15.5 Å². The average molecular weight is 446 g/mol. The predicted octanol–water partition coefficient (Wildman–Crippen LogP) is 3.84. The standard InChI is InChI=1S/C16H23N5O4S3/c1-6-20(7-2)28(24,25)11-8-9-13(12(10-11)21(22)23)26-15-19-18-14(27-15)17-16(3,4)5/h8-10H,6-7H2,1-5H3,(H,17,18). The lowest BCUT2D eigenvalue weighted by atomic mass is 10.1. The van der Waals surface area contributed by atoms with E-state index in [1.807, 2.05) is 20.8 Å². The monoisotopic (exact) mass is 445 g/mol. The first kappa shape index (κ1) is 22.5. The van der Waals surface area contributed by atoms with Gasteiger partial charge >= 0.3 is 0 Å². The van der Waals surface area contributed by atoms with Crippen molar-refractivity contribution in [2.45, 2.75) is 54.3 Å². The molecule has 0 bridgehead atoms. The van der Waals surface area contributed by atoms with Crippen molar-refractivity contribution < 1.29 is 13.3 Å². The molecule has 1 N–H and O–H groups in total. The first-order chi connectivity index (χ1) is 13.0. The highest BCUT2D eigenvalue weighted by Gasteiger charge is 2.26. The van der Waals surface area contributed by atoms with Crippen molar-refractivity contribution in [2.75, 3.05) is 18.4 Å². The number of benzene rings is 1. The van der Waals surface area contributed by atoms with E-state index in [9.17, 15) is 18.5 Å². The van der Waals surface area contributed by atoms with Crippen molar-refractivity contribution >= 4 is 43.9 Å². The number of hydrogen-bond donors (Lipinski definition) is 1. The smallest absolute Gasteiger partial charge is 0.284 e. The molecule has 2 rings (SSSR count). The molecule has 0 atom stereocenters. The second-order valence-electron chi connectivity index (χ2n) is 6.83. The number of nitrogens with zero attached hydrogens (tertiary/aromatic N) is 4. The molecule has 154 valence electrons. The van der Waals surface area contributed by atoms with Gasteiger partial charge in [0.2, 0.25) is 15.2 Å². The lowest BCUT2D eigenvalue weighted by Gasteiger charge is -2.18. The molecule has 0 aliphatic rings. The second-order valence-corrected chi connectivity index (χ2v) is 11.0. The summed E-state index contributed by atoms with van der Waals surface area (Å²) in [5.41, 5.74) is -0.466. The van der Waals surface area contributed by atoms with Gasteiger partial charge in [-0.25, -0.2) is 8.42 Å². The van der Waals surface area contributed by atoms with Gasteiger partial charge in [0.1, 0.15) is 0 Å². The number of nitro benzene ring substituents is 1. The van der Waals surface area contributed by atoms with E-state index in [1.54, 1.807) is 13.8 Å². The molecule has 0 fully saturated rings. The zero-order valence-electron chi connectivity index (χ0n) is 16.3. The van der Waals surface area contributed by atoms with Crippen molar-refractivity contribution in [3.05, 3.63) is 28.3 Å². The Bertz CT molecular complexity index is 949. The van der Waals surface area contributed by atoms with Crippen LogP contribution in [-0.4, -0.2) is 46.5 Å². The van der Waals surface area contributed by atoms with Crippen LogP contribution in [0, 0.1) is 10.1 Å². The van der Waals surface area contributed by atoms with Gasteiger partial charge in [-0.15, -0.1) is 10.2 Å². The lowest BCUT2D eigenvalue weighted by molar-refractivity contribution is -0.388. The van der Waals surface area contributed by atoms with Crippen LogP contribution in [0.5, 0.6) is 0 Å². The fourth-order valence-electron chi connectivity index (χ4n) is 2.32. The minimum atomic E-state index is -3.78. The number of hydrogen-bond acceptors (Lipinski definition) is 9. The molecule has 0 unspecified atom stereocenters. The van der Waals surface area contributed by atoms with Gasteiger partial charge in [0.05, 0.1) is 14.7 Å². The van der Waals surface area contributed by atoms with Crippen LogP contribution >= 0.6 is 23.1 Å². The van der Waals surface area contributed by atoms with Gasteiger partial charge in [-0.05, 0) is 44.7 Å². The summed E-state index contributed by atoms with van der Waals surface area (Å²) in [6.45, 7) is 9.98. The summed E-state index contributed by atoms with van der Waals surface area (Å²) in [6, 6.07) is 3.93. The fourth-order valence-corrected chi connectivity index (χ4v) is 5.80. The zero-order valence-corrected chi connectivity index (χ0v) is 18.7. The van der Waals surface area contributed by atoms with Crippen LogP contribution in [0.15, 0.2) is 32.3 Å². The van der Waals surface area contributed by atoms with Gasteiger partial charge in [0.15, 0.2) is 4.34 Å². The molecule has 0 saturated carbocycles. The van der Waals surface area contributed by atoms with Crippen LogP contribution in [0.1, 0.15) is 34.6 Å². The van der Waals surface area contributed by atoms with Gasteiger partial charge < -0.3 is 5.32 Å². The van der Waals surface area contributed by atoms with Crippen LogP contribution in [0.3, 0.4) is 0 Å². The molecule has 0 aliphatic carbocycles. The molecule has 28 heavy (non-hydrogen) atoms. The van der Waals surface area contributed by atoms with Crippen molar-refractivity contribution in [3.63, 3.8) is 0 Å². The summed E-state index contributed by atoms with van der Waals surface area (Å²) in [5, 5.41) is 23.4. The topological polar surface area (TPSA) is 118 Å². The van der Waals surface area contributed by atoms with Crippen LogP contribution in [0.4, 0.5) is 10.8 Å². The minimum Gasteiger partial charge on any atom is -0.355 e. The van der Waals surface area contributed by atoms with E-state index < -0.39 is 14.9 Å². The van der Waals surface area contributed by atoms with Crippen molar-refractivity contribution in [3.8, 4) is 0 Å². The minimum absolute atomic E-state index is 0.0976. The first-order valence-electron chi connectivity index (χ1n) is 8.56. The second kappa shape index (κ2) is 8.72. The summed E-state index contributed by atoms with van der Waals surface area (Å²) in [4.78, 5) is 11.2. The molecule has 1 heterocycles. The van der Waals surface area contributed by atoms with Gasteiger partial charge in [-0.3, -0.25) is 10.1 Å². The van der Waals surface area contributed by atoms with E-state index in [0.717, 1.165) is 17.8 Å². The van der Waals surface area contributed by atoms with Gasteiger partial charge in [0, 0.05) is 24.7 Å². The third kappa shape index (κ3) is 5.40. The third-order valence-electron chi connectivity index (χ3n) is 3.56. The van der Waals surface area contributed by atoms with Crippen LogP contribution in [0.25, 0.3) is 0 Å². The van der Waals surface area contributed by atoms with E-state index >= 15 is 0 Å². The van der Waals surface area contributed by atoms with Crippen LogP contribution in [0.2, 0.25) is 0 Å². The van der Waals surface area contributed by atoms with E-state index in [4.69, 9.17) is 0 Å². The Morgan fingerprint density at radius 3 is 2.43 bits per heavy atom. The number of nitrogens with one attached hydrogen (secondary N) is 1. The largest absolute Gasteiger partial charge is 0.355 e. The number of rotatable bonds is 8. The van der Waals surface area contributed by atoms with E-state index in [0.29, 0.717) is 14.4 Å².